The van der Waals surface area contributed by atoms with Crippen LogP contribution >= 0.6 is 0 Å². The average Bonchev–Trinajstić information content (AvgIpc) is 3.17. The van der Waals surface area contributed by atoms with Crippen molar-refractivity contribution in [1.29, 1.82) is 0 Å². The van der Waals surface area contributed by atoms with Gasteiger partial charge in [0, 0.05) is 17.6 Å². The number of pyridine rings is 1. The predicted octanol–water partition coefficient (Wildman–Crippen LogP) is 5.89. The van der Waals surface area contributed by atoms with Crippen molar-refractivity contribution in [2.45, 2.75) is 40.2 Å². The first-order chi connectivity index (χ1) is 16.4. The van der Waals surface area contributed by atoms with Crippen molar-refractivity contribution in [2.75, 3.05) is 6.61 Å². The smallest absolute Gasteiger partial charge is 0.357 e. The van der Waals surface area contributed by atoms with Crippen molar-refractivity contribution in [1.82, 2.24) is 9.55 Å². The molecule has 0 saturated heterocycles. The van der Waals surface area contributed by atoms with E-state index in [2.05, 4.69) is 22.5 Å². The Morgan fingerprint density at radius 1 is 1.03 bits per heavy atom. The molecule has 2 aromatic heterocycles. The normalized spacial score (nSPS) is 11.0. The third-order valence-corrected chi connectivity index (χ3v) is 5.91. The summed E-state index contributed by atoms with van der Waals surface area (Å²) in [6.45, 7) is 6.81. The molecule has 6 nitrogen and oxygen atoms in total. The number of carbonyl (C=O) groups is 2. The van der Waals surface area contributed by atoms with Gasteiger partial charge < -0.3 is 14.4 Å². The molecule has 2 heterocycles. The van der Waals surface area contributed by atoms with E-state index in [4.69, 9.17) is 4.74 Å². The molecule has 1 N–H and O–H groups in total. The van der Waals surface area contributed by atoms with Gasteiger partial charge in [-0.2, -0.15) is 0 Å². The van der Waals surface area contributed by atoms with Gasteiger partial charge in [-0.15, -0.1) is 0 Å². The molecule has 0 unspecified atom stereocenters. The zero-order valence-electron chi connectivity index (χ0n) is 19.7. The highest BCUT2D eigenvalue weighted by atomic mass is 16.5. The van der Waals surface area contributed by atoms with Gasteiger partial charge >= 0.3 is 11.9 Å². The molecule has 0 aliphatic rings. The molecule has 4 aromatic rings. The minimum atomic E-state index is -0.943. The van der Waals surface area contributed by atoms with E-state index < -0.39 is 11.9 Å². The summed E-state index contributed by atoms with van der Waals surface area (Å²) in [6, 6.07) is 18.9. The Hall–Kier alpha value is -3.93. The van der Waals surface area contributed by atoms with E-state index >= 15 is 0 Å². The highest BCUT2D eigenvalue weighted by Gasteiger charge is 2.17. The second-order valence-electron chi connectivity index (χ2n) is 8.30. The number of aryl methyl sites for hydroxylation is 2. The first-order valence-corrected chi connectivity index (χ1v) is 11.5. The number of hydrogen-bond donors (Lipinski definition) is 1. The summed E-state index contributed by atoms with van der Waals surface area (Å²) in [5.41, 5.74) is 6.12. The average molecular weight is 457 g/mol. The monoisotopic (exact) mass is 456 g/mol. The minimum Gasteiger partial charge on any atom is -0.478 e. The number of ether oxygens (including phenoxy) is 1. The van der Waals surface area contributed by atoms with Crippen LogP contribution < -0.4 is 0 Å². The Morgan fingerprint density at radius 3 is 2.44 bits per heavy atom. The number of carboxylic acid groups (broad SMARTS) is 1. The summed E-state index contributed by atoms with van der Waals surface area (Å²) in [7, 11) is 0. The third kappa shape index (κ3) is 4.57. The maximum absolute atomic E-state index is 12.4. The largest absolute Gasteiger partial charge is 0.478 e. The van der Waals surface area contributed by atoms with E-state index in [1.807, 2.05) is 43.3 Å². The molecule has 174 valence electrons. The maximum Gasteiger partial charge on any atom is 0.357 e. The first kappa shape index (κ1) is 23.2. The van der Waals surface area contributed by atoms with Crippen LogP contribution in [-0.2, 0) is 17.7 Å². The molecule has 0 saturated carbocycles. The number of aromatic carboxylic acids is 1. The second-order valence-corrected chi connectivity index (χ2v) is 8.30. The highest BCUT2D eigenvalue weighted by Crippen LogP contribution is 2.27. The number of esters is 1. The van der Waals surface area contributed by atoms with Crippen molar-refractivity contribution in [3.8, 4) is 11.1 Å². The first-order valence-electron chi connectivity index (χ1n) is 11.5. The fourth-order valence-corrected chi connectivity index (χ4v) is 4.27. The summed E-state index contributed by atoms with van der Waals surface area (Å²) >= 11 is 0. The summed E-state index contributed by atoms with van der Waals surface area (Å²) in [4.78, 5) is 28.6. The molecule has 2 aromatic carbocycles. The molecule has 0 radical (unpaired) electrons. The summed E-state index contributed by atoms with van der Waals surface area (Å²) < 4.78 is 7.33. The van der Waals surface area contributed by atoms with Gasteiger partial charge in [0.25, 0.3) is 0 Å². The van der Waals surface area contributed by atoms with E-state index in [0.717, 1.165) is 46.3 Å². The van der Waals surface area contributed by atoms with Gasteiger partial charge in [0.2, 0.25) is 0 Å². The summed E-state index contributed by atoms with van der Waals surface area (Å²) in [5, 5.41) is 10.5. The lowest BCUT2D eigenvalue weighted by atomic mass is 9.99. The number of nitrogens with zero attached hydrogens (tertiary/aromatic N) is 2. The Balaban J connectivity index is 1.73. The van der Waals surface area contributed by atoms with Crippen LogP contribution in [0.5, 0.6) is 0 Å². The number of fused-ring (bicyclic) bond motifs is 1. The molecule has 0 atom stereocenters. The maximum atomic E-state index is 12.4. The van der Waals surface area contributed by atoms with Gasteiger partial charge in [-0.1, -0.05) is 55.8 Å². The molecule has 0 amide bonds. The SMILES string of the molecule is CCCc1cc2c(C)cc(C(=O)OCC)nc2n1Cc1ccc(-c2ccccc2C(=O)O)cc1. The van der Waals surface area contributed by atoms with Crippen LogP contribution in [0.15, 0.2) is 60.7 Å². The van der Waals surface area contributed by atoms with E-state index in [-0.39, 0.29) is 5.56 Å². The second kappa shape index (κ2) is 9.91. The fraction of sp³-hybridized carbons (Fsp3) is 0.250. The van der Waals surface area contributed by atoms with E-state index in [1.54, 1.807) is 25.1 Å². The van der Waals surface area contributed by atoms with Crippen LogP contribution in [0, 0.1) is 6.92 Å². The lowest BCUT2D eigenvalue weighted by Gasteiger charge is -2.12. The summed E-state index contributed by atoms with van der Waals surface area (Å²) in [6.07, 6.45) is 1.89. The number of carboxylic acids is 1. The zero-order valence-corrected chi connectivity index (χ0v) is 19.7. The fourth-order valence-electron chi connectivity index (χ4n) is 4.27. The van der Waals surface area contributed by atoms with E-state index in [0.29, 0.717) is 24.4 Å². The van der Waals surface area contributed by atoms with Gasteiger partial charge in [0.05, 0.1) is 12.2 Å². The lowest BCUT2D eigenvalue weighted by molar-refractivity contribution is 0.0519. The van der Waals surface area contributed by atoms with Crippen molar-refractivity contribution in [2.24, 2.45) is 0 Å². The zero-order chi connectivity index (χ0) is 24.2. The lowest BCUT2D eigenvalue weighted by Crippen LogP contribution is -2.10. The molecule has 6 heteroatoms. The van der Waals surface area contributed by atoms with Crippen LogP contribution in [-0.4, -0.2) is 33.2 Å². The standard InChI is InChI=1S/C28H28N2O4/c1-4-8-21-16-24-18(3)15-25(28(33)34-5-2)29-26(24)30(21)17-19-11-13-20(14-12-19)22-9-6-7-10-23(22)27(31)32/h6-7,9-16H,4-5,8,17H2,1-3H3,(H,31,32). The molecular weight excluding hydrogens is 428 g/mol. The van der Waals surface area contributed by atoms with Crippen LogP contribution in [0.2, 0.25) is 0 Å². The van der Waals surface area contributed by atoms with Gasteiger partial charge in [-0.25, -0.2) is 14.6 Å². The van der Waals surface area contributed by atoms with Crippen molar-refractivity contribution in [3.05, 3.63) is 88.7 Å². The Bertz CT molecular complexity index is 1350. The number of benzene rings is 2. The number of aromatic nitrogens is 2. The quantitative estimate of drug-likeness (QED) is 0.335. The summed E-state index contributed by atoms with van der Waals surface area (Å²) in [5.74, 6) is -1.36. The van der Waals surface area contributed by atoms with E-state index in [1.165, 1.54) is 0 Å². The van der Waals surface area contributed by atoms with Gasteiger partial charge in [0.15, 0.2) is 5.69 Å². The predicted molar refractivity (Wildman–Crippen MR) is 132 cm³/mol. The molecule has 34 heavy (non-hydrogen) atoms. The van der Waals surface area contributed by atoms with Crippen molar-refractivity contribution >= 4 is 23.0 Å². The minimum absolute atomic E-state index is 0.281. The van der Waals surface area contributed by atoms with Gasteiger partial charge in [-0.05, 0) is 60.7 Å². The molecule has 0 aliphatic heterocycles. The Kier molecular flexibility index (Phi) is 6.77. The molecule has 0 fully saturated rings. The van der Waals surface area contributed by atoms with Gasteiger partial charge in [-0.3, -0.25) is 0 Å². The molecular formula is C28H28N2O4. The Morgan fingerprint density at radius 2 is 1.76 bits per heavy atom. The number of carbonyl (C=O) groups excluding carboxylic acids is 1. The third-order valence-electron chi connectivity index (χ3n) is 5.91. The van der Waals surface area contributed by atoms with E-state index in [9.17, 15) is 14.7 Å². The van der Waals surface area contributed by atoms with Crippen LogP contribution in [0.25, 0.3) is 22.2 Å². The topological polar surface area (TPSA) is 81.4 Å². The van der Waals surface area contributed by atoms with Crippen LogP contribution in [0.4, 0.5) is 0 Å². The molecule has 0 aliphatic carbocycles. The van der Waals surface area contributed by atoms with Crippen molar-refractivity contribution < 1.29 is 19.4 Å². The van der Waals surface area contributed by atoms with Crippen LogP contribution in [0.3, 0.4) is 0 Å². The molecule has 0 bridgehead atoms. The van der Waals surface area contributed by atoms with Gasteiger partial charge in [0.1, 0.15) is 5.65 Å². The molecule has 0 spiro atoms. The van der Waals surface area contributed by atoms with Crippen LogP contribution in [0.1, 0.15) is 57.9 Å². The van der Waals surface area contributed by atoms with Crippen molar-refractivity contribution in [3.63, 3.8) is 0 Å². The highest BCUT2D eigenvalue weighted by molar-refractivity contribution is 5.96. The Labute approximate surface area is 198 Å². The number of hydrogen-bond acceptors (Lipinski definition) is 4. The number of rotatable bonds is 8. The molecule has 4 rings (SSSR count).